The number of aromatic carboxylic acids is 1. The maximum Gasteiger partial charge on any atom is 0.371 e. The molecule has 1 aromatic heterocycles. The first-order chi connectivity index (χ1) is 9.38. The Kier molecular flexibility index (Phi) is 3.43. The molecule has 0 aliphatic heterocycles. The molecule has 2 rings (SSSR count). The number of aryl methyl sites for hydroxylation is 1. The third-order valence-electron chi connectivity index (χ3n) is 2.75. The van der Waals surface area contributed by atoms with Crippen molar-refractivity contribution in [2.24, 2.45) is 0 Å². The average molecular weight is 277 g/mol. The summed E-state index contributed by atoms with van der Waals surface area (Å²) in [6, 6.07) is 5.60. The number of nitro benzene ring substituents is 1. The number of hydrogen-bond acceptors (Lipinski definition) is 5. The van der Waals surface area contributed by atoms with Crippen molar-refractivity contribution < 1.29 is 24.3 Å². The summed E-state index contributed by atoms with van der Waals surface area (Å²) in [5.74, 6) is -1.55. The number of nitrogens with zero attached hydrogens (tertiary/aromatic N) is 1. The number of nitro groups is 1. The molecule has 0 bridgehead atoms. The van der Waals surface area contributed by atoms with Gasteiger partial charge < -0.3 is 14.6 Å². The van der Waals surface area contributed by atoms with Gasteiger partial charge in [-0.15, -0.1) is 0 Å². The monoisotopic (exact) mass is 277 g/mol. The number of rotatable bonds is 4. The molecule has 0 aliphatic rings. The fourth-order valence-corrected chi connectivity index (χ4v) is 1.88. The number of phenols is 1. The first kappa shape index (κ1) is 13.6. The van der Waals surface area contributed by atoms with Crippen molar-refractivity contribution in [2.75, 3.05) is 0 Å². The molecule has 0 spiro atoms. The van der Waals surface area contributed by atoms with Gasteiger partial charge in [0.2, 0.25) is 5.76 Å². The Morgan fingerprint density at radius 1 is 1.40 bits per heavy atom. The second-order valence-electron chi connectivity index (χ2n) is 4.30. The highest BCUT2D eigenvalue weighted by Gasteiger charge is 2.19. The second-order valence-corrected chi connectivity index (χ2v) is 4.30. The number of phenolic OH excluding ortho intramolecular Hbond substituents is 1. The number of aromatic hydroxyl groups is 1. The minimum atomic E-state index is -1.20. The van der Waals surface area contributed by atoms with Gasteiger partial charge in [-0.1, -0.05) is 6.07 Å². The molecule has 0 saturated carbocycles. The van der Waals surface area contributed by atoms with Gasteiger partial charge in [0.25, 0.3) is 0 Å². The molecule has 0 fully saturated rings. The van der Waals surface area contributed by atoms with E-state index in [2.05, 4.69) is 0 Å². The van der Waals surface area contributed by atoms with Crippen LogP contribution in [0.15, 0.2) is 28.7 Å². The Balaban J connectivity index is 2.37. The molecule has 7 nitrogen and oxygen atoms in total. The highest BCUT2D eigenvalue weighted by atomic mass is 16.6. The SMILES string of the molecule is Cc1cc(Cc2ccc(C(=O)O)o2)c(O)c([N+](=O)[O-])c1. The van der Waals surface area contributed by atoms with Gasteiger partial charge in [0.1, 0.15) is 5.76 Å². The maximum absolute atomic E-state index is 10.8. The van der Waals surface area contributed by atoms with Gasteiger partial charge >= 0.3 is 11.7 Å². The molecule has 0 saturated heterocycles. The van der Waals surface area contributed by atoms with E-state index in [1.165, 1.54) is 18.2 Å². The summed E-state index contributed by atoms with van der Waals surface area (Å²) >= 11 is 0. The topological polar surface area (TPSA) is 114 Å². The van der Waals surface area contributed by atoms with Gasteiger partial charge in [0.15, 0.2) is 5.75 Å². The minimum Gasteiger partial charge on any atom is -0.502 e. The van der Waals surface area contributed by atoms with Crippen molar-refractivity contribution in [3.8, 4) is 5.75 Å². The molecule has 0 aliphatic carbocycles. The largest absolute Gasteiger partial charge is 0.502 e. The molecule has 1 aromatic carbocycles. The number of hydrogen-bond donors (Lipinski definition) is 2. The number of benzene rings is 1. The zero-order chi connectivity index (χ0) is 14.9. The van der Waals surface area contributed by atoms with E-state index >= 15 is 0 Å². The molecule has 0 amide bonds. The average Bonchev–Trinajstić information content (AvgIpc) is 2.81. The lowest BCUT2D eigenvalue weighted by molar-refractivity contribution is -0.386. The van der Waals surface area contributed by atoms with E-state index < -0.39 is 16.6 Å². The summed E-state index contributed by atoms with van der Waals surface area (Å²) in [4.78, 5) is 20.8. The number of carbonyl (C=O) groups is 1. The summed E-state index contributed by atoms with van der Waals surface area (Å²) in [6.45, 7) is 1.67. The van der Waals surface area contributed by atoms with Gasteiger partial charge in [-0.2, -0.15) is 0 Å². The highest BCUT2D eigenvalue weighted by molar-refractivity contribution is 5.84. The minimum absolute atomic E-state index is 0.0711. The lowest BCUT2D eigenvalue weighted by Crippen LogP contribution is -1.95. The molecule has 104 valence electrons. The lowest BCUT2D eigenvalue weighted by Gasteiger charge is -2.05. The van der Waals surface area contributed by atoms with E-state index in [0.29, 0.717) is 16.9 Å². The molecule has 0 unspecified atom stereocenters. The van der Waals surface area contributed by atoms with Crippen LogP contribution < -0.4 is 0 Å². The van der Waals surface area contributed by atoms with E-state index in [4.69, 9.17) is 9.52 Å². The molecule has 0 radical (unpaired) electrons. The van der Waals surface area contributed by atoms with Gasteiger partial charge in [-0.3, -0.25) is 10.1 Å². The van der Waals surface area contributed by atoms with E-state index in [1.807, 2.05) is 0 Å². The maximum atomic E-state index is 10.8. The fraction of sp³-hybridized carbons (Fsp3) is 0.154. The lowest BCUT2D eigenvalue weighted by atomic mass is 10.0. The third kappa shape index (κ3) is 2.61. The van der Waals surface area contributed by atoms with Gasteiger partial charge in [-0.05, 0) is 24.6 Å². The van der Waals surface area contributed by atoms with Gasteiger partial charge in [0, 0.05) is 18.1 Å². The van der Waals surface area contributed by atoms with E-state index in [0.717, 1.165) is 0 Å². The zero-order valence-corrected chi connectivity index (χ0v) is 10.5. The number of carboxylic acids is 1. The first-order valence-corrected chi connectivity index (χ1v) is 5.67. The standard InChI is InChI=1S/C13H11NO6/c1-7-4-8(12(15)10(5-7)14(18)19)6-9-2-3-11(20-9)13(16)17/h2-5,15H,6H2,1H3,(H,16,17). The van der Waals surface area contributed by atoms with Gasteiger partial charge in [-0.25, -0.2) is 4.79 Å². The Morgan fingerprint density at radius 3 is 2.65 bits per heavy atom. The van der Waals surface area contributed by atoms with Crippen molar-refractivity contribution in [2.45, 2.75) is 13.3 Å². The van der Waals surface area contributed by atoms with Crippen molar-refractivity contribution in [3.05, 3.63) is 57.0 Å². The Morgan fingerprint density at radius 2 is 2.10 bits per heavy atom. The second kappa shape index (κ2) is 5.04. The van der Waals surface area contributed by atoms with Crippen molar-refractivity contribution in [1.82, 2.24) is 0 Å². The molecule has 7 heteroatoms. The van der Waals surface area contributed by atoms with Crippen LogP contribution in [0.4, 0.5) is 5.69 Å². The fourth-order valence-electron chi connectivity index (χ4n) is 1.88. The van der Waals surface area contributed by atoms with E-state index in [1.54, 1.807) is 13.0 Å². The first-order valence-electron chi connectivity index (χ1n) is 5.67. The van der Waals surface area contributed by atoms with Crippen molar-refractivity contribution >= 4 is 11.7 Å². The molecule has 1 heterocycles. The Bertz CT molecular complexity index is 688. The Hall–Kier alpha value is -2.83. The Labute approximate surface area is 113 Å². The zero-order valence-electron chi connectivity index (χ0n) is 10.5. The van der Waals surface area contributed by atoms with Crippen LogP contribution in [0.5, 0.6) is 5.75 Å². The predicted octanol–water partition coefficient (Wildman–Crippen LogP) is 2.49. The van der Waals surface area contributed by atoms with Crippen LogP contribution in [0.25, 0.3) is 0 Å². The molecular formula is C13H11NO6. The van der Waals surface area contributed by atoms with Crippen LogP contribution in [-0.2, 0) is 6.42 Å². The normalized spacial score (nSPS) is 10.4. The molecule has 2 aromatic rings. The van der Waals surface area contributed by atoms with E-state index in [-0.39, 0.29) is 17.9 Å². The summed E-state index contributed by atoms with van der Waals surface area (Å²) in [5.41, 5.74) is 0.544. The van der Waals surface area contributed by atoms with Crippen molar-refractivity contribution in [1.29, 1.82) is 0 Å². The summed E-state index contributed by atoms with van der Waals surface area (Å²) in [7, 11) is 0. The van der Waals surface area contributed by atoms with Crippen LogP contribution in [0.1, 0.15) is 27.4 Å². The van der Waals surface area contributed by atoms with Crippen LogP contribution >= 0.6 is 0 Å². The third-order valence-corrected chi connectivity index (χ3v) is 2.75. The van der Waals surface area contributed by atoms with Crippen LogP contribution in [0.3, 0.4) is 0 Å². The molecular weight excluding hydrogens is 266 g/mol. The quantitative estimate of drug-likeness (QED) is 0.655. The molecule has 0 atom stereocenters. The molecule has 2 N–H and O–H groups in total. The number of furan rings is 1. The predicted molar refractivity (Wildman–Crippen MR) is 68.0 cm³/mol. The summed E-state index contributed by atoms with van der Waals surface area (Å²) in [6.07, 6.45) is 0.0711. The van der Waals surface area contributed by atoms with E-state index in [9.17, 15) is 20.0 Å². The van der Waals surface area contributed by atoms with Crippen molar-refractivity contribution in [3.63, 3.8) is 0 Å². The number of carboxylic acid groups (broad SMARTS) is 1. The van der Waals surface area contributed by atoms with Gasteiger partial charge in [0.05, 0.1) is 4.92 Å². The summed E-state index contributed by atoms with van der Waals surface area (Å²) < 4.78 is 5.06. The van der Waals surface area contributed by atoms with Crippen LogP contribution in [0, 0.1) is 17.0 Å². The smallest absolute Gasteiger partial charge is 0.371 e. The summed E-state index contributed by atoms with van der Waals surface area (Å²) in [5, 5.41) is 29.4. The van der Waals surface area contributed by atoms with Crippen LogP contribution in [0.2, 0.25) is 0 Å². The van der Waals surface area contributed by atoms with Crippen LogP contribution in [-0.4, -0.2) is 21.1 Å². The highest BCUT2D eigenvalue weighted by Crippen LogP contribution is 2.32. The molecule has 20 heavy (non-hydrogen) atoms.